The van der Waals surface area contributed by atoms with Gasteiger partial charge in [0.15, 0.2) is 0 Å². The lowest BCUT2D eigenvalue weighted by Gasteiger charge is -2.36. The number of ether oxygens (including phenoxy) is 1. The van der Waals surface area contributed by atoms with Crippen LogP contribution in [0.15, 0.2) is 0 Å². The molecular formula is C12H23N3O3. The summed E-state index contributed by atoms with van der Waals surface area (Å²) in [6.45, 7) is 4.79. The molecule has 1 aliphatic heterocycles. The van der Waals surface area contributed by atoms with Crippen molar-refractivity contribution in [2.75, 3.05) is 46.4 Å². The maximum absolute atomic E-state index is 12.1. The molecule has 0 radical (unpaired) electrons. The molecule has 1 atom stereocenters. The van der Waals surface area contributed by atoms with Crippen molar-refractivity contribution in [3.05, 3.63) is 0 Å². The summed E-state index contributed by atoms with van der Waals surface area (Å²) in [5.41, 5.74) is 5.58. The van der Waals surface area contributed by atoms with Crippen molar-refractivity contribution in [1.82, 2.24) is 9.80 Å². The second kappa shape index (κ2) is 7.33. The van der Waals surface area contributed by atoms with Gasteiger partial charge in [-0.25, -0.2) is 0 Å². The molecule has 0 aromatic carbocycles. The predicted octanol–water partition coefficient (Wildman–Crippen LogP) is -0.711. The normalized spacial score (nSPS) is 17.7. The summed E-state index contributed by atoms with van der Waals surface area (Å²) >= 11 is 0. The first-order valence-corrected chi connectivity index (χ1v) is 6.39. The van der Waals surface area contributed by atoms with Crippen LogP contribution in [0.1, 0.15) is 13.3 Å². The molecule has 1 aliphatic rings. The van der Waals surface area contributed by atoms with Crippen LogP contribution < -0.4 is 5.73 Å². The van der Waals surface area contributed by atoms with E-state index in [0.717, 1.165) is 6.42 Å². The molecule has 2 amide bonds. The van der Waals surface area contributed by atoms with E-state index < -0.39 is 0 Å². The third-order valence-corrected chi connectivity index (χ3v) is 3.34. The minimum Gasteiger partial charge on any atom is -0.375 e. The Labute approximate surface area is 108 Å². The van der Waals surface area contributed by atoms with Crippen LogP contribution in [0.2, 0.25) is 0 Å². The standard InChI is InChI=1S/C12H23N3O3/c1-3-10(8-13)12(17)15-6-4-14(5-7-15)11(16)9-18-2/h10H,3-9,13H2,1-2H3. The molecule has 2 N–H and O–H groups in total. The average Bonchev–Trinajstić information content (AvgIpc) is 2.40. The molecule has 18 heavy (non-hydrogen) atoms. The Morgan fingerprint density at radius 1 is 1.22 bits per heavy atom. The van der Waals surface area contributed by atoms with Gasteiger partial charge in [0.2, 0.25) is 11.8 Å². The molecule has 6 heteroatoms. The molecule has 0 spiro atoms. The van der Waals surface area contributed by atoms with Gasteiger partial charge in [-0.2, -0.15) is 0 Å². The predicted molar refractivity (Wildman–Crippen MR) is 67.9 cm³/mol. The smallest absolute Gasteiger partial charge is 0.248 e. The summed E-state index contributed by atoms with van der Waals surface area (Å²) in [5.74, 6) is 0.000493. The van der Waals surface area contributed by atoms with E-state index in [0.29, 0.717) is 32.7 Å². The zero-order chi connectivity index (χ0) is 13.5. The maximum Gasteiger partial charge on any atom is 0.248 e. The zero-order valence-electron chi connectivity index (χ0n) is 11.2. The molecule has 6 nitrogen and oxygen atoms in total. The first-order chi connectivity index (χ1) is 8.63. The topological polar surface area (TPSA) is 75.9 Å². The molecular weight excluding hydrogens is 234 g/mol. The van der Waals surface area contributed by atoms with Crippen molar-refractivity contribution < 1.29 is 14.3 Å². The van der Waals surface area contributed by atoms with E-state index >= 15 is 0 Å². The third-order valence-electron chi connectivity index (χ3n) is 3.34. The monoisotopic (exact) mass is 257 g/mol. The van der Waals surface area contributed by atoms with Gasteiger partial charge >= 0.3 is 0 Å². The SMILES string of the molecule is CCC(CN)C(=O)N1CCN(C(=O)COC)CC1. The minimum atomic E-state index is -0.0915. The Kier molecular flexibility index (Phi) is 6.07. The van der Waals surface area contributed by atoms with Gasteiger partial charge in [-0.05, 0) is 6.42 Å². The van der Waals surface area contributed by atoms with Crippen molar-refractivity contribution in [2.24, 2.45) is 11.7 Å². The number of amides is 2. The fourth-order valence-electron chi connectivity index (χ4n) is 2.09. The number of hydrogen-bond donors (Lipinski definition) is 1. The molecule has 0 saturated carbocycles. The van der Waals surface area contributed by atoms with Crippen LogP contribution in [0.4, 0.5) is 0 Å². The van der Waals surface area contributed by atoms with E-state index in [4.69, 9.17) is 10.5 Å². The quantitative estimate of drug-likeness (QED) is 0.706. The number of rotatable bonds is 5. The molecule has 0 bridgehead atoms. The van der Waals surface area contributed by atoms with E-state index in [9.17, 15) is 9.59 Å². The minimum absolute atomic E-state index is 0.0181. The lowest BCUT2D eigenvalue weighted by molar-refractivity contribution is -0.143. The highest BCUT2D eigenvalue weighted by atomic mass is 16.5. The Balaban J connectivity index is 2.43. The Morgan fingerprint density at radius 2 is 1.78 bits per heavy atom. The largest absolute Gasteiger partial charge is 0.375 e. The van der Waals surface area contributed by atoms with Gasteiger partial charge in [0, 0.05) is 39.8 Å². The summed E-state index contributed by atoms with van der Waals surface area (Å²) in [6.07, 6.45) is 0.762. The number of nitrogens with zero attached hydrogens (tertiary/aromatic N) is 2. The van der Waals surface area contributed by atoms with Gasteiger partial charge < -0.3 is 20.3 Å². The molecule has 0 aromatic rings. The van der Waals surface area contributed by atoms with E-state index in [-0.39, 0.29) is 24.3 Å². The average molecular weight is 257 g/mol. The second-order valence-electron chi connectivity index (χ2n) is 4.48. The van der Waals surface area contributed by atoms with Gasteiger partial charge in [-0.3, -0.25) is 9.59 Å². The first kappa shape index (κ1) is 14.9. The van der Waals surface area contributed by atoms with Crippen molar-refractivity contribution in [2.45, 2.75) is 13.3 Å². The number of carbonyl (C=O) groups is 2. The van der Waals surface area contributed by atoms with Crippen LogP contribution in [-0.4, -0.2) is 68.1 Å². The second-order valence-corrected chi connectivity index (χ2v) is 4.48. The highest BCUT2D eigenvalue weighted by molar-refractivity contribution is 5.80. The number of hydrogen-bond acceptors (Lipinski definition) is 4. The highest BCUT2D eigenvalue weighted by Crippen LogP contribution is 2.10. The molecule has 104 valence electrons. The van der Waals surface area contributed by atoms with E-state index in [1.165, 1.54) is 7.11 Å². The van der Waals surface area contributed by atoms with Crippen molar-refractivity contribution in [3.63, 3.8) is 0 Å². The highest BCUT2D eigenvalue weighted by Gasteiger charge is 2.27. The summed E-state index contributed by atoms with van der Waals surface area (Å²) in [4.78, 5) is 27.2. The summed E-state index contributed by atoms with van der Waals surface area (Å²) < 4.78 is 4.82. The van der Waals surface area contributed by atoms with Crippen molar-refractivity contribution in [3.8, 4) is 0 Å². The summed E-state index contributed by atoms with van der Waals surface area (Å²) in [7, 11) is 1.50. The fourth-order valence-corrected chi connectivity index (χ4v) is 2.09. The van der Waals surface area contributed by atoms with Crippen LogP contribution in [-0.2, 0) is 14.3 Å². The summed E-state index contributed by atoms with van der Waals surface area (Å²) in [6, 6.07) is 0. The third kappa shape index (κ3) is 3.68. The van der Waals surface area contributed by atoms with Gasteiger partial charge in [0.05, 0.1) is 5.92 Å². The Morgan fingerprint density at radius 3 is 2.22 bits per heavy atom. The number of nitrogens with two attached hydrogens (primary N) is 1. The molecule has 0 aromatic heterocycles. The molecule has 1 heterocycles. The van der Waals surface area contributed by atoms with Gasteiger partial charge in [0.25, 0.3) is 0 Å². The lowest BCUT2D eigenvalue weighted by Crippen LogP contribution is -2.53. The number of carbonyl (C=O) groups excluding carboxylic acids is 2. The van der Waals surface area contributed by atoms with Crippen molar-refractivity contribution in [1.29, 1.82) is 0 Å². The fraction of sp³-hybridized carbons (Fsp3) is 0.833. The molecule has 1 rings (SSSR count). The van der Waals surface area contributed by atoms with Gasteiger partial charge in [0.1, 0.15) is 6.61 Å². The summed E-state index contributed by atoms with van der Waals surface area (Å²) in [5, 5.41) is 0. The van der Waals surface area contributed by atoms with E-state index in [1.54, 1.807) is 9.80 Å². The Hall–Kier alpha value is -1.14. The molecule has 1 fully saturated rings. The van der Waals surface area contributed by atoms with Crippen LogP contribution in [0.3, 0.4) is 0 Å². The number of piperazine rings is 1. The van der Waals surface area contributed by atoms with Crippen LogP contribution in [0.5, 0.6) is 0 Å². The molecule has 0 aliphatic carbocycles. The Bertz CT molecular complexity index is 284. The molecule has 1 saturated heterocycles. The van der Waals surface area contributed by atoms with Gasteiger partial charge in [-0.1, -0.05) is 6.92 Å². The van der Waals surface area contributed by atoms with Crippen molar-refractivity contribution >= 4 is 11.8 Å². The zero-order valence-corrected chi connectivity index (χ0v) is 11.2. The van der Waals surface area contributed by atoms with E-state index in [1.807, 2.05) is 6.92 Å². The molecule has 1 unspecified atom stereocenters. The first-order valence-electron chi connectivity index (χ1n) is 6.39. The van der Waals surface area contributed by atoms with E-state index in [2.05, 4.69) is 0 Å². The maximum atomic E-state index is 12.1. The van der Waals surface area contributed by atoms with Crippen LogP contribution in [0.25, 0.3) is 0 Å². The van der Waals surface area contributed by atoms with Crippen LogP contribution in [0, 0.1) is 5.92 Å². The van der Waals surface area contributed by atoms with Gasteiger partial charge in [-0.15, -0.1) is 0 Å². The van der Waals surface area contributed by atoms with Crippen LogP contribution >= 0.6 is 0 Å². The number of methoxy groups -OCH3 is 1. The lowest BCUT2D eigenvalue weighted by atomic mass is 10.0.